The zero-order valence-electron chi connectivity index (χ0n) is 10.7. The summed E-state index contributed by atoms with van der Waals surface area (Å²) < 4.78 is 6.11. The molecule has 0 amide bonds. The van der Waals surface area contributed by atoms with Gasteiger partial charge in [-0.15, -0.1) is 0 Å². The molecule has 2 aromatic carbocycles. The van der Waals surface area contributed by atoms with E-state index in [9.17, 15) is 0 Å². The molecule has 0 saturated carbocycles. The van der Waals surface area contributed by atoms with Crippen LogP contribution in [0.15, 0.2) is 40.9 Å². The molecule has 1 unspecified atom stereocenters. The number of hydrazine groups is 1. The monoisotopic (exact) mass is 374 g/mol. The number of hydrogen-bond acceptors (Lipinski definition) is 3. The third kappa shape index (κ3) is 3.27. The van der Waals surface area contributed by atoms with E-state index in [1.165, 1.54) is 0 Å². The molecule has 0 aliphatic rings. The van der Waals surface area contributed by atoms with Gasteiger partial charge in [-0.25, -0.2) is 5.43 Å². The summed E-state index contributed by atoms with van der Waals surface area (Å²) in [5, 5.41) is 1.22. The van der Waals surface area contributed by atoms with Gasteiger partial charge in [-0.05, 0) is 35.4 Å². The first-order valence-electron chi connectivity index (χ1n) is 5.81. The number of nitrogens with one attached hydrogen (secondary N) is 1. The molecular weight excluding hydrogens is 363 g/mol. The van der Waals surface area contributed by atoms with Gasteiger partial charge in [0.25, 0.3) is 0 Å². The lowest BCUT2D eigenvalue weighted by Gasteiger charge is -2.19. The molecule has 2 rings (SSSR count). The van der Waals surface area contributed by atoms with Crippen molar-refractivity contribution in [2.75, 3.05) is 7.11 Å². The molecular formula is C14H13BrCl2N2O. The van der Waals surface area contributed by atoms with Gasteiger partial charge in [0, 0.05) is 9.50 Å². The Balaban J connectivity index is 2.46. The summed E-state index contributed by atoms with van der Waals surface area (Å²) >= 11 is 15.5. The van der Waals surface area contributed by atoms with Crippen molar-refractivity contribution in [2.45, 2.75) is 6.04 Å². The maximum Gasteiger partial charge on any atom is 0.137 e. The maximum absolute atomic E-state index is 6.04. The zero-order valence-corrected chi connectivity index (χ0v) is 13.8. The highest BCUT2D eigenvalue weighted by Crippen LogP contribution is 2.33. The van der Waals surface area contributed by atoms with E-state index in [4.69, 9.17) is 33.8 Å². The second kappa shape index (κ2) is 6.78. The topological polar surface area (TPSA) is 47.3 Å². The number of rotatable bonds is 4. The van der Waals surface area contributed by atoms with Gasteiger partial charge in [-0.3, -0.25) is 5.84 Å². The van der Waals surface area contributed by atoms with Gasteiger partial charge in [0.05, 0.1) is 18.2 Å². The number of benzene rings is 2. The van der Waals surface area contributed by atoms with Crippen molar-refractivity contribution in [3.63, 3.8) is 0 Å². The minimum Gasteiger partial charge on any atom is -0.495 e. The molecule has 0 aliphatic carbocycles. The Morgan fingerprint density at radius 3 is 2.55 bits per heavy atom. The van der Waals surface area contributed by atoms with E-state index in [-0.39, 0.29) is 6.04 Å². The van der Waals surface area contributed by atoms with Crippen LogP contribution >= 0.6 is 39.1 Å². The average Bonchev–Trinajstić information content (AvgIpc) is 2.43. The Labute approximate surface area is 136 Å². The second-order valence-electron chi connectivity index (χ2n) is 4.16. The fourth-order valence-corrected chi connectivity index (χ4v) is 3.06. The number of methoxy groups -OCH3 is 1. The summed E-state index contributed by atoms with van der Waals surface area (Å²) in [5.41, 5.74) is 4.71. The maximum atomic E-state index is 6.04. The molecule has 6 heteroatoms. The second-order valence-corrected chi connectivity index (χ2v) is 5.86. The van der Waals surface area contributed by atoms with E-state index >= 15 is 0 Å². The number of ether oxygens (including phenoxy) is 1. The first kappa shape index (κ1) is 15.6. The van der Waals surface area contributed by atoms with Crippen molar-refractivity contribution in [1.82, 2.24) is 5.43 Å². The lowest BCUT2D eigenvalue weighted by Crippen LogP contribution is -2.29. The number of halogens is 3. The van der Waals surface area contributed by atoms with Crippen LogP contribution < -0.4 is 16.0 Å². The summed E-state index contributed by atoms with van der Waals surface area (Å²) in [6.45, 7) is 0. The average molecular weight is 376 g/mol. The molecule has 0 bridgehead atoms. The van der Waals surface area contributed by atoms with Crippen molar-refractivity contribution in [3.05, 3.63) is 62.0 Å². The summed E-state index contributed by atoms with van der Waals surface area (Å²) in [5.74, 6) is 6.30. The normalized spacial score (nSPS) is 12.2. The molecule has 3 N–H and O–H groups in total. The van der Waals surface area contributed by atoms with Gasteiger partial charge in [0.2, 0.25) is 0 Å². The molecule has 0 saturated heterocycles. The van der Waals surface area contributed by atoms with Crippen LogP contribution in [0.2, 0.25) is 10.0 Å². The van der Waals surface area contributed by atoms with Crippen LogP contribution in [-0.2, 0) is 0 Å². The lowest BCUT2D eigenvalue weighted by molar-refractivity contribution is 0.414. The van der Waals surface area contributed by atoms with E-state index in [1.807, 2.05) is 30.3 Å². The molecule has 0 radical (unpaired) electrons. The minimum absolute atomic E-state index is 0.201. The fraction of sp³-hybridized carbons (Fsp3) is 0.143. The fourth-order valence-electron chi connectivity index (χ4n) is 1.96. The highest BCUT2D eigenvalue weighted by Gasteiger charge is 2.17. The van der Waals surface area contributed by atoms with Crippen LogP contribution in [0, 0.1) is 0 Å². The largest absolute Gasteiger partial charge is 0.495 e. The van der Waals surface area contributed by atoms with Gasteiger partial charge < -0.3 is 4.74 Å². The SMILES string of the molecule is COc1cc(C(NN)c2ccc(Cl)cc2Br)ccc1Cl. The highest BCUT2D eigenvalue weighted by atomic mass is 79.9. The molecule has 20 heavy (non-hydrogen) atoms. The molecule has 0 aliphatic heterocycles. The number of hydrogen-bond donors (Lipinski definition) is 2. The molecule has 0 heterocycles. The highest BCUT2D eigenvalue weighted by molar-refractivity contribution is 9.10. The summed E-state index contributed by atoms with van der Waals surface area (Å²) in [6.07, 6.45) is 0. The molecule has 0 aromatic heterocycles. The van der Waals surface area contributed by atoms with Crippen LogP contribution in [0.25, 0.3) is 0 Å². The van der Waals surface area contributed by atoms with Gasteiger partial charge in [-0.2, -0.15) is 0 Å². The van der Waals surface area contributed by atoms with Gasteiger partial charge in [0.1, 0.15) is 5.75 Å². The molecule has 3 nitrogen and oxygen atoms in total. The van der Waals surface area contributed by atoms with Crippen LogP contribution in [0.1, 0.15) is 17.2 Å². The molecule has 1 atom stereocenters. The molecule has 2 aromatic rings. The quantitative estimate of drug-likeness (QED) is 0.618. The molecule has 106 valence electrons. The first-order valence-corrected chi connectivity index (χ1v) is 7.36. The van der Waals surface area contributed by atoms with Crippen LogP contribution in [-0.4, -0.2) is 7.11 Å². The summed E-state index contributed by atoms with van der Waals surface area (Å²) in [7, 11) is 1.58. The van der Waals surface area contributed by atoms with Crippen molar-refractivity contribution in [3.8, 4) is 5.75 Å². The lowest BCUT2D eigenvalue weighted by atomic mass is 9.99. The Bertz CT molecular complexity index is 622. The van der Waals surface area contributed by atoms with E-state index < -0.39 is 0 Å². The van der Waals surface area contributed by atoms with Crippen molar-refractivity contribution in [1.29, 1.82) is 0 Å². The third-order valence-corrected chi connectivity index (χ3v) is 4.18. The van der Waals surface area contributed by atoms with Gasteiger partial charge in [-0.1, -0.05) is 51.3 Å². The van der Waals surface area contributed by atoms with E-state index in [1.54, 1.807) is 13.2 Å². The Morgan fingerprint density at radius 2 is 1.95 bits per heavy atom. The number of nitrogens with two attached hydrogens (primary N) is 1. The van der Waals surface area contributed by atoms with Gasteiger partial charge in [0.15, 0.2) is 0 Å². The van der Waals surface area contributed by atoms with E-state index in [0.29, 0.717) is 15.8 Å². The Morgan fingerprint density at radius 1 is 1.20 bits per heavy atom. The zero-order chi connectivity index (χ0) is 14.7. The van der Waals surface area contributed by atoms with Crippen LogP contribution in [0.3, 0.4) is 0 Å². The smallest absolute Gasteiger partial charge is 0.137 e. The van der Waals surface area contributed by atoms with Crippen LogP contribution in [0.4, 0.5) is 0 Å². The standard InChI is InChI=1S/C14H13BrCl2N2O/c1-20-13-6-8(2-5-12(13)17)14(19-18)10-4-3-9(16)7-11(10)15/h2-7,14,19H,18H2,1H3. The van der Waals surface area contributed by atoms with Crippen molar-refractivity contribution in [2.24, 2.45) is 5.84 Å². The van der Waals surface area contributed by atoms with Gasteiger partial charge >= 0.3 is 0 Å². The van der Waals surface area contributed by atoms with Crippen molar-refractivity contribution >= 4 is 39.1 Å². The predicted octanol–water partition coefficient (Wildman–Crippen LogP) is 4.32. The van der Waals surface area contributed by atoms with Crippen LogP contribution in [0.5, 0.6) is 5.75 Å². The minimum atomic E-state index is -0.201. The summed E-state index contributed by atoms with van der Waals surface area (Å²) in [4.78, 5) is 0. The van der Waals surface area contributed by atoms with E-state index in [0.717, 1.165) is 15.6 Å². The van der Waals surface area contributed by atoms with Crippen molar-refractivity contribution < 1.29 is 4.74 Å². The Hall–Kier alpha value is -0.780. The Kier molecular flexibility index (Phi) is 5.29. The summed E-state index contributed by atoms with van der Waals surface area (Å²) in [6, 6.07) is 10.9. The third-order valence-electron chi connectivity index (χ3n) is 2.95. The van der Waals surface area contributed by atoms with E-state index in [2.05, 4.69) is 21.4 Å². The first-order chi connectivity index (χ1) is 9.56. The molecule has 0 fully saturated rings. The predicted molar refractivity (Wildman–Crippen MR) is 86.3 cm³/mol. The molecule has 0 spiro atoms.